The third-order valence-corrected chi connectivity index (χ3v) is 12.7. The summed E-state index contributed by atoms with van der Waals surface area (Å²) in [7, 11) is -1.13. The molecule has 5 aromatic rings. The molecule has 0 amide bonds. The summed E-state index contributed by atoms with van der Waals surface area (Å²) in [5.41, 5.74) is 15.1. The van der Waals surface area contributed by atoms with Crippen molar-refractivity contribution in [1.82, 2.24) is 0 Å². The van der Waals surface area contributed by atoms with E-state index in [0.29, 0.717) is 5.92 Å². The highest BCUT2D eigenvalue weighted by Gasteiger charge is 2.45. The quantitative estimate of drug-likeness (QED) is 0.193. The molecule has 0 radical (unpaired) electrons. The monoisotopic (exact) mass is 615 g/mol. The largest absolute Gasteiger partial charge is 0.333 e. The second kappa shape index (κ2) is 9.53. The maximum absolute atomic E-state index is 13.2. The van der Waals surface area contributed by atoms with Crippen molar-refractivity contribution in [3.63, 3.8) is 0 Å². The second-order valence-corrected chi connectivity index (χ2v) is 15.8. The van der Waals surface area contributed by atoms with Crippen LogP contribution < -0.4 is 4.90 Å². The molecular formula is C43H37NOS. The Hall–Kier alpha value is -4.47. The number of fused-ring (bicyclic) bond motifs is 8. The van der Waals surface area contributed by atoms with Crippen molar-refractivity contribution in [2.75, 3.05) is 4.90 Å². The van der Waals surface area contributed by atoms with Crippen LogP contribution >= 0.6 is 0 Å². The number of allylic oxidation sites excluding steroid dienone is 2. The maximum Gasteiger partial charge on any atom is 0.0862 e. The van der Waals surface area contributed by atoms with Crippen LogP contribution in [-0.4, -0.2) is 10.3 Å². The average molecular weight is 616 g/mol. The van der Waals surface area contributed by atoms with E-state index in [0.717, 1.165) is 26.5 Å². The molecule has 2 nitrogen and oxygen atoms in total. The molecule has 2 aliphatic carbocycles. The molecule has 9 rings (SSSR count). The maximum atomic E-state index is 13.2. The Balaban J connectivity index is 1.21. The van der Waals surface area contributed by atoms with Crippen LogP contribution in [0.2, 0.25) is 0 Å². The Kier molecular flexibility index (Phi) is 5.76. The number of benzene rings is 5. The fraction of sp³-hybridized carbons (Fsp3) is 0.209. The zero-order chi connectivity index (χ0) is 31.5. The van der Waals surface area contributed by atoms with Gasteiger partial charge < -0.3 is 4.90 Å². The molecule has 0 bridgehead atoms. The molecule has 3 atom stereocenters. The molecule has 0 fully saturated rings. The molecular weight excluding hydrogens is 579 g/mol. The highest BCUT2D eigenvalue weighted by Crippen LogP contribution is 2.55. The molecule has 2 heterocycles. The predicted molar refractivity (Wildman–Crippen MR) is 191 cm³/mol. The Morgan fingerprint density at radius 2 is 1.33 bits per heavy atom. The van der Waals surface area contributed by atoms with E-state index in [2.05, 4.69) is 143 Å². The van der Waals surface area contributed by atoms with Gasteiger partial charge in [-0.25, -0.2) is 4.21 Å². The van der Waals surface area contributed by atoms with Gasteiger partial charge in [-0.2, -0.15) is 0 Å². The molecule has 0 saturated carbocycles. The van der Waals surface area contributed by atoms with E-state index in [1.807, 2.05) is 18.2 Å². The van der Waals surface area contributed by atoms with Crippen molar-refractivity contribution in [3.05, 3.63) is 144 Å². The molecule has 0 saturated heterocycles. The fourth-order valence-corrected chi connectivity index (χ4v) is 10.1. The topological polar surface area (TPSA) is 20.3 Å². The lowest BCUT2D eigenvalue weighted by atomic mass is 9.66. The summed E-state index contributed by atoms with van der Waals surface area (Å²) >= 11 is 0. The van der Waals surface area contributed by atoms with Crippen LogP contribution in [0.1, 0.15) is 51.3 Å². The number of hydrogen-bond acceptors (Lipinski definition) is 2. The van der Waals surface area contributed by atoms with Crippen molar-refractivity contribution in [3.8, 4) is 33.4 Å². The third-order valence-electron chi connectivity index (χ3n) is 11.2. The first-order chi connectivity index (χ1) is 22.2. The van der Waals surface area contributed by atoms with Gasteiger partial charge in [0.15, 0.2) is 0 Å². The van der Waals surface area contributed by atoms with Gasteiger partial charge in [0.05, 0.1) is 26.6 Å². The highest BCUT2D eigenvalue weighted by atomic mass is 32.2. The Morgan fingerprint density at radius 1 is 0.630 bits per heavy atom. The van der Waals surface area contributed by atoms with Gasteiger partial charge in [-0.1, -0.05) is 114 Å². The van der Waals surface area contributed by atoms with Crippen LogP contribution in [0.3, 0.4) is 0 Å². The number of nitrogens with zero attached hydrogens (tertiary/aromatic N) is 1. The van der Waals surface area contributed by atoms with Crippen molar-refractivity contribution in [1.29, 1.82) is 0 Å². The summed E-state index contributed by atoms with van der Waals surface area (Å²) in [5.74, 6) is 0.364. The van der Waals surface area contributed by atoms with Gasteiger partial charge in [-0.05, 0) is 98.5 Å². The zero-order valence-electron chi connectivity index (χ0n) is 27.0. The van der Waals surface area contributed by atoms with Gasteiger partial charge in [-0.3, -0.25) is 0 Å². The first-order valence-electron chi connectivity index (χ1n) is 16.4. The van der Waals surface area contributed by atoms with Crippen molar-refractivity contribution in [2.45, 2.75) is 61.3 Å². The molecule has 2 aliphatic heterocycles. The summed E-state index contributed by atoms with van der Waals surface area (Å²) in [6.45, 7) is 11.9. The van der Waals surface area contributed by atoms with Crippen LogP contribution in [0.15, 0.2) is 137 Å². The zero-order valence-corrected chi connectivity index (χ0v) is 27.8. The first kappa shape index (κ1) is 27.8. The molecule has 3 unspecified atom stereocenters. The number of rotatable bonds is 2. The lowest BCUT2D eigenvalue weighted by Gasteiger charge is -2.51. The normalized spacial score (nSPS) is 22.2. The minimum atomic E-state index is -1.13. The van der Waals surface area contributed by atoms with Gasteiger partial charge in [-0.15, -0.1) is 0 Å². The van der Waals surface area contributed by atoms with Crippen LogP contribution in [0.4, 0.5) is 11.4 Å². The molecule has 0 aromatic heterocycles. The van der Waals surface area contributed by atoms with E-state index in [1.54, 1.807) is 0 Å². The van der Waals surface area contributed by atoms with Gasteiger partial charge in [0.1, 0.15) is 0 Å². The molecule has 46 heavy (non-hydrogen) atoms. The van der Waals surface area contributed by atoms with Crippen molar-refractivity contribution in [2.24, 2.45) is 5.92 Å². The van der Waals surface area contributed by atoms with Crippen LogP contribution in [0, 0.1) is 5.92 Å². The Bertz CT molecular complexity index is 2220. The highest BCUT2D eigenvalue weighted by molar-refractivity contribution is 7.85. The van der Waals surface area contributed by atoms with Gasteiger partial charge in [0, 0.05) is 27.8 Å². The number of hydrogen-bond donors (Lipinski definition) is 0. The molecule has 4 aliphatic rings. The second-order valence-electron chi connectivity index (χ2n) is 14.4. The summed E-state index contributed by atoms with van der Waals surface area (Å²) < 4.78 is 13.2. The van der Waals surface area contributed by atoms with Gasteiger partial charge in [0.25, 0.3) is 0 Å². The number of anilines is 2. The average Bonchev–Trinajstić information content (AvgIpc) is 3.48. The minimum absolute atomic E-state index is 0.0592. The summed E-state index contributed by atoms with van der Waals surface area (Å²) in [4.78, 5) is 4.44. The summed E-state index contributed by atoms with van der Waals surface area (Å²) in [6, 6.07) is 37.9. The van der Waals surface area contributed by atoms with Crippen molar-refractivity contribution < 1.29 is 4.21 Å². The minimum Gasteiger partial charge on any atom is -0.333 e. The van der Waals surface area contributed by atoms with Crippen LogP contribution in [0.25, 0.3) is 33.4 Å². The summed E-state index contributed by atoms with van der Waals surface area (Å²) in [5, 5.41) is 0. The SMILES string of the molecule is CC1C=CC=C2C1N(c1ccc3c(c1)C(C)(C)c1ccccc1-3)c1ccc(-c3ccc4c(c3)-c3ccccc3S4=O)cc1C2(C)C. The van der Waals surface area contributed by atoms with Crippen molar-refractivity contribution >= 4 is 22.2 Å². The van der Waals surface area contributed by atoms with E-state index in [1.165, 1.54) is 50.3 Å². The molecule has 0 N–H and O–H groups in total. The van der Waals surface area contributed by atoms with E-state index >= 15 is 0 Å². The molecule has 226 valence electrons. The lowest BCUT2D eigenvalue weighted by Crippen LogP contribution is -2.48. The third kappa shape index (κ3) is 3.67. The van der Waals surface area contributed by atoms with Gasteiger partial charge in [0.2, 0.25) is 0 Å². The summed E-state index contributed by atoms with van der Waals surface area (Å²) in [6.07, 6.45) is 6.98. The fourth-order valence-electron chi connectivity index (χ4n) is 8.70. The van der Waals surface area contributed by atoms with E-state index < -0.39 is 10.8 Å². The Labute approximate surface area is 274 Å². The molecule has 0 spiro atoms. The smallest absolute Gasteiger partial charge is 0.0862 e. The Morgan fingerprint density at radius 3 is 2.17 bits per heavy atom. The standard InChI is InChI=1S/C43H37NOS/c1-26-11-10-15-35-41(26)44(29-19-20-31-30-12-6-8-14-34(30)42(2,3)36(31)25-29)38-21-17-28(24-37(38)43(35,4)5)27-18-22-40-33(23-27)32-13-7-9-16-39(32)46(40)45/h6-26,41H,1-5H3. The lowest BCUT2D eigenvalue weighted by molar-refractivity contribution is 0.466. The molecule has 3 heteroatoms. The molecule has 5 aromatic carbocycles. The van der Waals surface area contributed by atoms with Gasteiger partial charge >= 0.3 is 0 Å². The van der Waals surface area contributed by atoms with E-state index in [-0.39, 0.29) is 16.9 Å². The predicted octanol–water partition coefficient (Wildman–Crippen LogP) is 10.7. The van der Waals surface area contributed by atoms with Crippen LogP contribution in [-0.2, 0) is 21.6 Å². The van der Waals surface area contributed by atoms with E-state index in [4.69, 9.17) is 0 Å². The first-order valence-corrected chi connectivity index (χ1v) is 17.5. The van der Waals surface area contributed by atoms with Crippen LogP contribution in [0.5, 0.6) is 0 Å². The van der Waals surface area contributed by atoms with E-state index in [9.17, 15) is 4.21 Å².